The Morgan fingerprint density at radius 2 is 2.25 bits per heavy atom. The quantitative estimate of drug-likeness (QED) is 0.653. The standard InChI is InChI=1S/C11H10N2O2S/c1-6-8(5-14)3-13-10(6)11(15)9-4-12-7(2)16-9/h3-5,13H,1-2H3. The Bertz CT molecular complexity index is 554. The van der Waals surface area contributed by atoms with E-state index in [4.69, 9.17) is 0 Å². The monoisotopic (exact) mass is 234 g/mol. The lowest BCUT2D eigenvalue weighted by atomic mass is 10.1. The van der Waals surface area contributed by atoms with Gasteiger partial charge in [0, 0.05) is 18.0 Å². The third kappa shape index (κ3) is 1.69. The first-order chi connectivity index (χ1) is 7.63. The Morgan fingerprint density at radius 3 is 2.75 bits per heavy atom. The van der Waals surface area contributed by atoms with E-state index in [0.29, 0.717) is 21.7 Å². The highest BCUT2D eigenvalue weighted by molar-refractivity contribution is 7.13. The molecule has 5 heteroatoms. The molecular weight excluding hydrogens is 224 g/mol. The lowest BCUT2D eigenvalue weighted by Crippen LogP contribution is -2.01. The van der Waals surface area contributed by atoms with Gasteiger partial charge in [-0.15, -0.1) is 11.3 Å². The Hall–Kier alpha value is -1.75. The zero-order chi connectivity index (χ0) is 11.7. The number of carbonyl (C=O) groups is 2. The fraction of sp³-hybridized carbons (Fsp3) is 0.182. The maximum atomic E-state index is 12.0. The Balaban J connectivity index is 2.41. The first-order valence-corrected chi connectivity index (χ1v) is 5.55. The van der Waals surface area contributed by atoms with E-state index < -0.39 is 0 Å². The topological polar surface area (TPSA) is 62.8 Å². The third-order valence-electron chi connectivity index (χ3n) is 2.38. The summed E-state index contributed by atoms with van der Waals surface area (Å²) in [6.45, 7) is 3.60. The zero-order valence-electron chi connectivity index (χ0n) is 8.90. The molecule has 0 saturated heterocycles. The molecule has 0 spiro atoms. The van der Waals surface area contributed by atoms with Crippen LogP contribution in [0, 0.1) is 13.8 Å². The van der Waals surface area contributed by atoms with Crippen molar-refractivity contribution in [3.63, 3.8) is 0 Å². The van der Waals surface area contributed by atoms with Crippen molar-refractivity contribution in [2.75, 3.05) is 0 Å². The van der Waals surface area contributed by atoms with Gasteiger partial charge in [0.15, 0.2) is 6.29 Å². The fourth-order valence-corrected chi connectivity index (χ4v) is 2.18. The van der Waals surface area contributed by atoms with Crippen LogP contribution in [0.1, 0.15) is 36.3 Å². The molecule has 16 heavy (non-hydrogen) atoms. The number of carbonyl (C=O) groups excluding carboxylic acids is 2. The van der Waals surface area contributed by atoms with Crippen LogP contribution >= 0.6 is 11.3 Å². The normalized spacial score (nSPS) is 10.4. The molecule has 0 aliphatic rings. The molecule has 2 aromatic rings. The maximum Gasteiger partial charge on any atom is 0.221 e. The summed E-state index contributed by atoms with van der Waals surface area (Å²) >= 11 is 1.35. The van der Waals surface area contributed by atoms with Crippen LogP contribution in [0.15, 0.2) is 12.4 Å². The van der Waals surface area contributed by atoms with E-state index in [1.54, 1.807) is 19.3 Å². The van der Waals surface area contributed by atoms with E-state index in [1.165, 1.54) is 11.3 Å². The minimum absolute atomic E-state index is 0.115. The van der Waals surface area contributed by atoms with E-state index in [-0.39, 0.29) is 5.78 Å². The van der Waals surface area contributed by atoms with Gasteiger partial charge in [-0.1, -0.05) is 0 Å². The molecule has 4 nitrogen and oxygen atoms in total. The molecule has 0 aliphatic heterocycles. The summed E-state index contributed by atoms with van der Waals surface area (Å²) in [7, 11) is 0. The van der Waals surface area contributed by atoms with E-state index in [1.807, 2.05) is 6.92 Å². The maximum absolute atomic E-state index is 12.0. The van der Waals surface area contributed by atoms with Gasteiger partial charge in [0.2, 0.25) is 5.78 Å². The van der Waals surface area contributed by atoms with Crippen molar-refractivity contribution < 1.29 is 9.59 Å². The Kier molecular flexibility index (Phi) is 2.70. The van der Waals surface area contributed by atoms with Crippen LogP contribution in [0.4, 0.5) is 0 Å². The van der Waals surface area contributed by atoms with Crippen molar-refractivity contribution >= 4 is 23.4 Å². The highest BCUT2D eigenvalue weighted by Gasteiger charge is 2.17. The summed E-state index contributed by atoms with van der Waals surface area (Å²) in [5, 5.41) is 0.850. The van der Waals surface area contributed by atoms with Crippen LogP contribution < -0.4 is 0 Å². The van der Waals surface area contributed by atoms with E-state index >= 15 is 0 Å². The largest absolute Gasteiger partial charge is 0.358 e. The number of hydrogen-bond acceptors (Lipinski definition) is 4. The molecule has 0 amide bonds. The number of aryl methyl sites for hydroxylation is 1. The molecule has 0 fully saturated rings. The van der Waals surface area contributed by atoms with Crippen LogP contribution in [0.3, 0.4) is 0 Å². The molecule has 0 radical (unpaired) electrons. The molecule has 0 atom stereocenters. The molecule has 1 N–H and O–H groups in total. The first kappa shape index (κ1) is 10.8. The molecule has 0 bridgehead atoms. The van der Waals surface area contributed by atoms with Crippen LogP contribution in [-0.2, 0) is 0 Å². The lowest BCUT2D eigenvalue weighted by Gasteiger charge is -1.95. The van der Waals surface area contributed by atoms with Crippen molar-refractivity contribution in [2.24, 2.45) is 0 Å². The number of aldehydes is 1. The summed E-state index contributed by atoms with van der Waals surface area (Å²) in [5.74, 6) is -0.115. The Morgan fingerprint density at radius 1 is 1.50 bits per heavy atom. The fourth-order valence-electron chi connectivity index (χ4n) is 1.46. The van der Waals surface area contributed by atoms with E-state index in [0.717, 1.165) is 11.3 Å². The van der Waals surface area contributed by atoms with Gasteiger partial charge in [-0.05, 0) is 19.4 Å². The van der Waals surface area contributed by atoms with Crippen LogP contribution in [0.25, 0.3) is 0 Å². The Labute approximate surface area is 96.3 Å². The SMILES string of the molecule is Cc1ncc(C(=O)c2[nH]cc(C=O)c2C)s1. The molecule has 0 aromatic carbocycles. The van der Waals surface area contributed by atoms with Gasteiger partial charge < -0.3 is 4.98 Å². The van der Waals surface area contributed by atoms with Crippen molar-refractivity contribution in [3.05, 3.63) is 39.1 Å². The minimum atomic E-state index is -0.115. The van der Waals surface area contributed by atoms with Crippen molar-refractivity contribution in [3.8, 4) is 0 Å². The van der Waals surface area contributed by atoms with E-state index in [9.17, 15) is 9.59 Å². The molecular formula is C11H10N2O2S. The van der Waals surface area contributed by atoms with Crippen molar-refractivity contribution in [2.45, 2.75) is 13.8 Å². The highest BCUT2D eigenvalue weighted by atomic mass is 32.1. The number of aromatic nitrogens is 2. The van der Waals surface area contributed by atoms with Crippen molar-refractivity contribution in [1.29, 1.82) is 0 Å². The third-order valence-corrected chi connectivity index (χ3v) is 3.29. The number of H-pyrrole nitrogens is 1. The van der Waals surface area contributed by atoms with Crippen LogP contribution in [0.5, 0.6) is 0 Å². The van der Waals surface area contributed by atoms with Gasteiger partial charge >= 0.3 is 0 Å². The predicted molar refractivity (Wildman–Crippen MR) is 61.2 cm³/mol. The average Bonchev–Trinajstić information content (AvgIpc) is 2.84. The number of nitrogens with one attached hydrogen (secondary N) is 1. The second kappa shape index (κ2) is 4.02. The smallest absolute Gasteiger partial charge is 0.221 e. The van der Waals surface area contributed by atoms with Gasteiger partial charge in [-0.2, -0.15) is 0 Å². The number of rotatable bonds is 3. The predicted octanol–water partition coefficient (Wildman–Crippen LogP) is 2.13. The summed E-state index contributed by atoms with van der Waals surface area (Å²) < 4.78 is 0. The number of nitrogens with zero attached hydrogens (tertiary/aromatic N) is 1. The van der Waals surface area contributed by atoms with Gasteiger partial charge in [0.25, 0.3) is 0 Å². The lowest BCUT2D eigenvalue weighted by molar-refractivity contribution is 0.103. The number of ketones is 1. The van der Waals surface area contributed by atoms with Gasteiger partial charge in [0.1, 0.15) is 0 Å². The van der Waals surface area contributed by atoms with E-state index in [2.05, 4.69) is 9.97 Å². The summed E-state index contributed by atoms with van der Waals surface area (Å²) in [6, 6.07) is 0. The summed E-state index contributed by atoms with van der Waals surface area (Å²) in [5.41, 5.74) is 1.67. The molecule has 0 saturated carbocycles. The summed E-state index contributed by atoms with van der Waals surface area (Å²) in [6.07, 6.45) is 3.84. The number of aromatic amines is 1. The molecule has 0 unspecified atom stereocenters. The van der Waals surface area contributed by atoms with Crippen LogP contribution in [0.2, 0.25) is 0 Å². The first-order valence-electron chi connectivity index (χ1n) is 4.73. The molecule has 2 aromatic heterocycles. The van der Waals surface area contributed by atoms with Gasteiger partial charge in [0.05, 0.1) is 15.6 Å². The molecule has 2 heterocycles. The number of thiazole rings is 1. The van der Waals surface area contributed by atoms with Gasteiger partial charge in [-0.25, -0.2) is 4.98 Å². The second-order valence-corrected chi connectivity index (χ2v) is 4.67. The molecule has 0 aliphatic carbocycles. The molecule has 82 valence electrons. The zero-order valence-corrected chi connectivity index (χ0v) is 9.72. The number of hydrogen-bond donors (Lipinski definition) is 1. The summed E-state index contributed by atoms with van der Waals surface area (Å²) in [4.78, 5) is 30.1. The molecule has 2 rings (SSSR count). The average molecular weight is 234 g/mol. The van der Waals surface area contributed by atoms with Crippen molar-refractivity contribution in [1.82, 2.24) is 9.97 Å². The highest BCUT2D eigenvalue weighted by Crippen LogP contribution is 2.19. The second-order valence-electron chi connectivity index (χ2n) is 3.43. The minimum Gasteiger partial charge on any atom is -0.358 e. The van der Waals surface area contributed by atoms with Gasteiger partial charge in [-0.3, -0.25) is 9.59 Å². The van der Waals surface area contributed by atoms with Crippen LogP contribution in [-0.4, -0.2) is 22.0 Å².